The zero-order chi connectivity index (χ0) is 8.55. The second kappa shape index (κ2) is 3.23. The van der Waals surface area contributed by atoms with E-state index in [2.05, 4.69) is 40.8 Å². The summed E-state index contributed by atoms with van der Waals surface area (Å²) in [5, 5.41) is 3.27. The average molecular weight is 289 g/mol. The van der Waals surface area contributed by atoms with Crippen molar-refractivity contribution in [2.45, 2.75) is 0 Å². The van der Waals surface area contributed by atoms with E-state index in [1.165, 1.54) is 14.3 Å². The van der Waals surface area contributed by atoms with Crippen LogP contribution in [0, 0.1) is 3.57 Å². The van der Waals surface area contributed by atoms with E-state index < -0.39 is 0 Å². The van der Waals surface area contributed by atoms with E-state index in [1.54, 1.807) is 0 Å². The number of rotatable bonds is 0. The van der Waals surface area contributed by atoms with E-state index in [-0.39, 0.29) is 0 Å². The van der Waals surface area contributed by atoms with Gasteiger partial charge in [-0.25, -0.2) is 0 Å². The number of fused-ring (bicyclic) bond motifs is 1. The van der Waals surface area contributed by atoms with Crippen molar-refractivity contribution in [3.8, 4) is 0 Å². The lowest BCUT2D eigenvalue weighted by Crippen LogP contribution is -1.76. The summed E-state index contributed by atoms with van der Waals surface area (Å²) < 4.78 is 1.24. The van der Waals surface area contributed by atoms with Gasteiger partial charge in [-0.15, -0.1) is 0 Å². The third-order valence-corrected chi connectivity index (χ3v) is 2.97. The van der Waals surface area contributed by atoms with Crippen LogP contribution in [0.2, 0.25) is 5.02 Å². The highest BCUT2D eigenvalue weighted by Gasteiger charge is 1.97. The average Bonchev–Trinajstić information content (AvgIpc) is 2.07. The molecule has 0 bridgehead atoms. The molecular formula is C10H6ClI. The zero-order valence-corrected chi connectivity index (χ0v) is 9.13. The summed E-state index contributed by atoms with van der Waals surface area (Å²) in [6.45, 7) is 0. The van der Waals surface area contributed by atoms with Gasteiger partial charge in [0.25, 0.3) is 0 Å². The normalized spacial score (nSPS) is 10.5. The van der Waals surface area contributed by atoms with Gasteiger partial charge in [0.1, 0.15) is 0 Å². The predicted molar refractivity (Wildman–Crippen MR) is 61.7 cm³/mol. The number of halogens is 2. The molecular weight excluding hydrogens is 282 g/mol. The van der Waals surface area contributed by atoms with Crippen molar-refractivity contribution in [2.24, 2.45) is 0 Å². The van der Waals surface area contributed by atoms with E-state index in [0.717, 1.165) is 5.02 Å². The maximum atomic E-state index is 5.89. The molecule has 2 rings (SSSR count). The van der Waals surface area contributed by atoms with Gasteiger partial charge in [-0.3, -0.25) is 0 Å². The third-order valence-electron chi connectivity index (χ3n) is 1.79. The van der Waals surface area contributed by atoms with E-state index >= 15 is 0 Å². The second-order valence-electron chi connectivity index (χ2n) is 2.61. The number of hydrogen-bond donors (Lipinski definition) is 0. The predicted octanol–water partition coefficient (Wildman–Crippen LogP) is 4.10. The molecule has 0 spiro atoms. The maximum Gasteiger partial charge on any atom is 0.0412 e. The molecule has 0 aliphatic heterocycles. The van der Waals surface area contributed by atoms with Gasteiger partial charge in [-0.1, -0.05) is 29.8 Å². The van der Waals surface area contributed by atoms with E-state index in [1.807, 2.05) is 18.2 Å². The molecule has 0 aliphatic rings. The van der Waals surface area contributed by atoms with Crippen molar-refractivity contribution in [3.63, 3.8) is 0 Å². The van der Waals surface area contributed by atoms with Crippen molar-refractivity contribution < 1.29 is 0 Å². The van der Waals surface area contributed by atoms with Crippen LogP contribution in [-0.2, 0) is 0 Å². The summed E-state index contributed by atoms with van der Waals surface area (Å²) in [6, 6.07) is 12.2. The molecule has 0 unspecified atom stereocenters. The molecule has 0 saturated carbocycles. The van der Waals surface area contributed by atoms with Crippen molar-refractivity contribution in [1.82, 2.24) is 0 Å². The standard InChI is InChI=1S/C10H6ClI/c11-8-5-4-7-2-1-3-10(12)9(7)6-8/h1-6H. The van der Waals surface area contributed by atoms with E-state index in [0.29, 0.717) is 0 Å². The molecule has 60 valence electrons. The SMILES string of the molecule is Clc1ccc2cccc(I)c2c1. The van der Waals surface area contributed by atoms with Crippen molar-refractivity contribution in [1.29, 1.82) is 0 Å². The highest BCUT2D eigenvalue weighted by Crippen LogP contribution is 2.23. The molecule has 0 nitrogen and oxygen atoms in total. The molecule has 2 aromatic carbocycles. The van der Waals surface area contributed by atoms with Crippen LogP contribution in [0.1, 0.15) is 0 Å². The summed E-state index contributed by atoms with van der Waals surface area (Å²) >= 11 is 8.20. The minimum absolute atomic E-state index is 0.798. The lowest BCUT2D eigenvalue weighted by molar-refractivity contribution is 1.70. The Labute approximate surface area is 89.7 Å². The lowest BCUT2D eigenvalue weighted by Gasteiger charge is -1.99. The minimum Gasteiger partial charge on any atom is -0.0843 e. The third kappa shape index (κ3) is 1.43. The Bertz CT molecular complexity index is 423. The molecule has 12 heavy (non-hydrogen) atoms. The van der Waals surface area contributed by atoms with Crippen LogP contribution in [0.4, 0.5) is 0 Å². The molecule has 0 aliphatic carbocycles. The Hall–Kier alpha value is -0.280. The molecule has 2 aromatic rings. The molecule has 0 aromatic heterocycles. The van der Waals surface area contributed by atoms with Crippen LogP contribution in [0.25, 0.3) is 10.8 Å². The summed E-state index contributed by atoms with van der Waals surface area (Å²) in [5.41, 5.74) is 0. The van der Waals surface area contributed by atoms with E-state index in [9.17, 15) is 0 Å². The van der Waals surface area contributed by atoms with Gasteiger partial charge in [-0.2, -0.15) is 0 Å². The summed E-state index contributed by atoms with van der Waals surface area (Å²) in [6.07, 6.45) is 0. The first-order valence-corrected chi connectivity index (χ1v) is 5.07. The largest absolute Gasteiger partial charge is 0.0843 e. The fourth-order valence-electron chi connectivity index (χ4n) is 1.21. The van der Waals surface area contributed by atoms with E-state index in [4.69, 9.17) is 11.6 Å². The van der Waals surface area contributed by atoms with Crippen LogP contribution < -0.4 is 0 Å². The first kappa shape index (κ1) is 8.32. The van der Waals surface area contributed by atoms with Gasteiger partial charge in [0, 0.05) is 8.59 Å². The monoisotopic (exact) mass is 288 g/mol. The van der Waals surface area contributed by atoms with Crippen molar-refractivity contribution >= 4 is 45.0 Å². The Morgan fingerprint density at radius 3 is 2.75 bits per heavy atom. The molecule has 0 atom stereocenters. The van der Waals surface area contributed by atoms with Gasteiger partial charge in [0.2, 0.25) is 0 Å². The van der Waals surface area contributed by atoms with Gasteiger partial charge < -0.3 is 0 Å². The summed E-state index contributed by atoms with van der Waals surface area (Å²) in [4.78, 5) is 0. The number of hydrogen-bond acceptors (Lipinski definition) is 0. The summed E-state index contributed by atoms with van der Waals surface area (Å²) in [7, 11) is 0. The highest BCUT2D eigenvalue weighted by atomic mass is 127. The molecule has 0 amide bonds. The molecule has 0 fully saturated rings. The smallest absolute Gasteiger partial charge is 0.0412 e. The Kier molecular flexibility index (Phi) is 2.24. The first-order chi connectivity index (χ1) is 5.77. The van der Waals surface area contributed by atoms with Crippen molar-refractivity contribution in [2.75, 3.05) is 0 Å². The first-order valence-electron chi connectivity index (χ1n) is 3.61. The van der Waals surface area contributed by atoms with Crippen LogP contribution in [0.15, 0.2) is 36.4 Å². The molecule has 0 radical (unpaired) electrons. The quantitative estimate of drug-likeness (QED) is 0.640. The van der Waals surface area contributed by atoms with Crippen LogP contribution >= 0.6 is 34.2 Å². The van der Waals surface area contributed by atoms with Gasteiger partial charge in [0.15, 0.2) is 0 Å². The van der Waals surface area contributed by atoms with Gasteiger partial charge >= 0.3 is 0 Å². The summed E-state index contributed by atoms with van der Waals surface area (Å²) in [5.74, 6) is 0. The molecule has 0 saturated heterocycles. The fourth-order valence-corrected chi connectivity index (χ4v) is 2.05. The minimum atomic E-state index is 0.798. The zero-order valence-electron chi connectivity index (χ0n) is 6.22. The molecule has 0 N–H and O–H groups in total. The van der Waals surface area contributed by atoms with Crippen LogP contribution in [0.3, 0.4) is 0 Å². The second-order valence-corrected chi connectivity index (χ2v) is 4.20. The van der Waals surface area contributed by atoms with Crippen LogP contribution in [-0.4, -0.2) is 0 Å². The van der Waals surface area contributed by atoms with Gasteiger partial charge in [0.05, 0.1) is 0 Å². The Morgan fingerprint density at radius 1 is 1.08 bits per heavy atom. The fraction of sp³-hybridized carbons (Fsp3) is 0. The highest BCUT2D eigenvalue weighted by molar-refractivity contribution is 14.1. The Balaban J connectivity index is 2.88. The van der Waals surface area contributed by atoms with Crippen LogP contribution in [0.5, 0.6) is 0 Å². The topological polar surface area (TPSA) is 0 Å². The molecule has 2 heteroatoms. The maximum absolute atomic E-state index is 5.89. The number of benzene rings is 2. The van der Waals surface area contributed by atoms with Gasteiger partial charge in [-0.05, 0) is 51.6 Å². The Morgan fingerprint density at radius 2 is 1.92 bits per heavy atom. The lowest BCUT2D eigenvalue weighted by atomic mass is 10.1. The molecule has 0 heterocycles. The van der Waals surface area contributed by atoms with Crippen molar-refractivity contribution in [3.05, 3.63) is 45.0 Å².